The SMILES string of the molecule is COc1ccc(S(=O)(=O)N(CC(=O)N(Cc2ccc(C)cc2)[C@@H](C)C(=O)NC2CCCC2)c2ccccc2OC)cc1. The predicted octanol–water partition coefficient (Wildman–Crippen LogP) is 4.68. The molecule has 0 heterocycles. The summed E-state index contributed by atoms with van der Waals surface area (Å²) in [6.07, 6.45) is 3.93. The molecule has 224 valence electrons. The molecule has 1 N–H and O–H groups in total. The van der Waals surface area contributed by atoms with Gasteiger partial charge in [0, 0.05) is 12.6 Å². The van der Waals surface area contributed by atoms with Crippen molar-refractivity contribution in [1.82, 2.24) is 10.2 Å². The Kier molecular flexibility index (Phi) is 10.1. The van der Waals surface area contributed by atoms with E-state index in [9.17, 15) is 18.0 Å². The van der Waals surface area contributed by atoms with Crippen LogP contribution in [0.1, 0.15) is 43.7 Å². The second kappa shape index (κ2) is 13.7. The molecule has 1 fully saturated rings. The van der Waals surface area contributed by atoms with Gasteiger partial charge in [0.1, 0.15) is 24.1 Å². The number of anilines is 1. The van der Waals surface area contributed by atoms with Gasteiger partial charge < -0.3 is 19.7 Å². The first-order valence-electron chi connectivity index (χ1n) is 14.1. The third-order valence-electron chi connectivity index (χ3n) is 7.62. The van der Waals surface area contributed by atoms with E-state index < -0.39 is 28.5 Å². The number of aryl methyl sites for hydroxylation is 1. The highest BCUT2D eigenvalue weighted by molar-refractivity contribution is 7.92. The monoisotopic (exact) mass is 593 g/mol. The molecule has 1 aliphatic rings. The Hall–Kier alpha value is -4.05. The summed E-state index contributed by atoms with van der Waals surface area (Å²) in [4.78, 5) is 28.9. The largest absolute Gasteiger partial charge is 0.497 e. The highest BCUT2D eigenvalue weighted by Gasteiger charge is 2.34. The number of carbonyl (C=O) groups excluding carboxylic acids is 2. The number of methoxy groups -OCH3 is 2. The molecule has 1 atom stereocenters. The second-order valence-electron chi connectivity index (χ2n) is 10.5. The van der Waals surface area contributed by atoms with Crippen LogP contribution in [0.5, 0.6) is 11.5 Å². The van der Waals surface area contributed by atoms with Gasteiger partial charge in [-0.15, -0.1) is 0 Å². The van der Waals surface area contributed by atoms with Gasteiger partial charge >= 0.3 is 0 Å². The van der Waals surface area contributed by atoms with Crippen molar-refractivity contribution in [3.63, 3.8) is 0 Å². The number of rotatable bonds is 12. The minimum Gasteiger partial charge on any atom is -0.497 e. The number of hydrogen-bond acceptors (Lipinski definition) is 6. The molecule has 0 radical (unpaired) electrons. The Morgan fingerprint density at radius 3 is 2.19 bits per heavy atom. The summed E-state index contributed by atoms with van der Waals surface area (Å²) in [5, 5.41) is 3.08. The summed E-state index contributed by atoms with van der Waals surface area (Å²) in [6.45, 7) is 3.25. The van der Waals surface area contributed by atoms with E-state index in [0.717, 1.165) is 41.1 Å². The summed E-state index contributed by atoms with van der Waals surface area (Å²) in [6, 6.07) is 19.5. The molecule has 9 nitrogen and oxygen atoms in total. The molecule has 10 heteroatoms. The molecule has 2 amide bonds. The number of amides is 2. The normalized spacial score (nSPS) is 14.2. The molecule has 1 aliphatic carbocycles. The van der Waals surface area contributed by atoms with Gasteiger partial charge in [0.25, 0.3) is 10.0 Å². The zero-order valence-electron chi connectivity index (χ0n) is 24.6. The molecule has 0 bridgehead atoms. The third-order valence-corrected chi connectivity index (χ3v) is 9.40. The topological polar surface area (TPSA) is 105 Å². The Balaban J connectivity index is 1.71. The Bertz CT molecular complexity index is 1470. The first kappa shape index (κ1) is 30.9. The van der Waals surface area contributed by atoms with Gasteiger partial charge in [0.2, 0.25) is 11.8 Å². The van der Waals surface area contributed by atoms with E-state index in [1.54, 1.807) is 43.3 Å². The number of nitrogens with one attached hydrogen (secondary N) is 1. The lowest BCUT2D eigenvalue weighted by Crippen LogP contribution is -2.52. The lowest BCUT2D eigenvalue weighted by molar-refractivity contribution is -0.139. The van der Waals surface area contributed by atoms with Crippen LogP contribution in [0.15, 0.2) is 77.7 Å². The fourth-order valence-corrected chi connectivity index (χ4v) is 6.51. The molecular weight excluding hydrogens is 554 g/mol. The van der Waals surface area contributed by atoms with E-state index in [1.807, 2.05) is 31.2 Å². The van der Waals surface area contributed by atoms with Crippen LogP contribution in [-0.4, -0.2) is 58.0 Å². The van der Waals surface area contributed by atoms with Crippen LogP contribution in [0.25, 0.3) is 0 Å². The van der Waals surface area contributed by atoms with E-state index in [2.05, 4.69) is 5.32 Å². The number of sulfonamides is 1. The average Bonchev–Trinajstić information content (AvgIpc) is 3.52. The van der Waals surface area contributed by atoms with Crippen LogP contribution in [0, 0.1) is 6.92 Å². The van der Waals surface area contributed by atoms with Gasteiger partial charge in [0.05, 0.1) is 24.8 Å². The van der Waals surface area contributed by atoms with Gasteiger partial charge in [-0.05, 0) is 68.7 Å². The maximum Gasteiger partial charge on any atom is 0.264 e. The minimum absolute atomic E-state index is 0.0147. The molecule has 4 rings (SSSR count). The third kappa shape index (κ3) is 7.23. The first-order chi connectivity index (χ1) is 20.1. The fourth-order valence-electron chi connectivity index (χ4n) is 5.09. The zero-order valence-corrected chi connectivity index (χ0v) is 25.4. The average molecular weight is 594 g/mol. The molecule has 3 aromatic rings. The first-order valence-corrected chi connectivity index (χ1v) is 15.5. The maximum absolute atomic E-state index is 14.1. The van der Waals surface area contributed by atoms with Crippen molar-refractivity contribution in [3.05, 3.63) is 83.9 Å². The molecule has 42 heavy (non-hydrogen) atoms. The maximum atomic E-state index is 14.1. The quantitative estimate of drug-likeness (QED) is 0.327. The van der Waals surface area contributed by atoms with Crippen molar-refractivity contribution in [2.24, 2.45) is 0 Å². The molecule has 0 saturated heterocycles. The van der Waals surface area contributed by atoms with Crippen LogP contribution in [-0.2, 0) is 26.2 Å². The number of hydrogen-bond donors (Lipinski definition) is 1. The lowest BCUT2D eigenvalue weighted by Gasteiger charge is -2.33. The fraction of sp³-hybridized carbons (Fsp3) is 0.375. The molecular formula is C32H39N3O6S. The van der Waals surface area contributed by atoms with E-state index in [1.165, 1.54) is 31.3 Å². The van der Waals surface area contributed by atoms with Crippen molar-refractivity contribution >= 4 is 27.5 Å². The standard InChI is InChI=1S/C32H39N3O6S/c1-23-13-15-25(16-14-23)21-34(24(2)32(37)33-26-9-5-6-10-26)31(36)22-35(29-11-7-8-12-30(29)41-4)42(38,39)28-19-17-27(40-3)18-20-28/h7-8,11-20,24,26H,5-6,9-10,21-22H2,1-4H3,(H,33,37)/t24-/m0/s1. The number of nitrogens with zero attached hydrogens (tertiary/aromatic N) is 2. The Labute approximate surface area is 248 Å². The number of ether oxygens (including phenoxy) is 2. The number of carbonyl (C=O) groups is 2. The summed E-state index contributed by atoms with van der Waals surface area (Å²) in [7, 11) is -1.30. The van der Waals surface area contributed by atoms with E-state index in [0.29, 0.717) is 11.5 Å². The van der Waals surface area contributed by atoms with Crippen LogP contribution >= 0.6 is 0 Å². The van der Waals surface area contributed by atoms with E-state index >= 15 is 0 Å². The minimum atomic E-state index is -4.23. The molecule has 1 saturated carbocycles. The van der Waals surface area contributed by atoms with E-state index in [-0.39, 0.29) is 29.1 Å². The summed E-state index contributed by atoms with van der Waals surface area (Å²) >= 11 is 0. The van der Waals surface area contributed by atoms with Crippen LogP contribution in [0.4, 0.5) is 5.69 Å². The Morgan fingerprint density at radius 1 is 0.929 bits per heavy atom. The van der Waals surface area contributed by atoms with Crippen molar-refractivity contribution in [1.29, 1.82) is 0 Å². The summed E-state index contributed by atoms with van der Waals surface area (Å²) in [5.74, 6) is 0.0107. The van der Waals surface area contributed by atoms with E-state index in [4.69, 9.17) is 9.47 Å². The van der Waals surface area contributed by atoms with Crippen molar-refractivity contribution < 1.29 is 27.5 Å². The van der Waals surface area contributed by atoms with Crippen molar-refractivity contribution in [2.45, 2.75) is 63.1 Å². The summed E-state index contributed by atoms with van der Waals surface area (Å²) < 4.78 is 39.9. The Morgan fingerprint density at radius 2 is 1.57 bits per heavy atom. The molecule has 0 aromatic heterocycles. The molecule has 0 unspecified atom stereocenters. The lowest BCUT2D eigenvalue weighted by atomic mass is 10.1. The van der Waals surface area contributed by atoms with Crippen LogP contribution in [0.3, 0.4) is 0 Å². The van der Waals surface area contributed by atoms with Gasteiger partial charge in [-0.2, -0.15) is 0 Å². The molecule has 0 aliphatic heterocycles. The van der Waals surface area contributed by atoms with Crippen LogP contribution in [0.2, 0.25) is 0 Å². The van der Waals surface area contributed by atoms with Gasteiger partial charge in [-0.1, -0.05) is 54.8 Å². The number of benzene rings is 3. The summed E-state index contributed by atoms with van der Waals surface area (Å²) in [5.41, 5.74) is 2.11. The van der Waals surface area contributed by atoms with Crippen molar-refractivity contribution in [3.8, 4) is 11.5 Å². The smallest absolute Gasteiger partial charge is 0.264 e. The highest BCUT2D eigenvalue weighted by Crippen LogP contribution is 2.33. The number of para-hydroxylation sites is 2. The highest BCUT2D eigenvalue weighted by atomic mass is 32.2. The van der Waals surface area contributed by atoms with Gasteiger partial charge in [0.15, 0.2) is 0 Å². The van der Waals surface area contributed by atoms with Gasteiger partial charge in [-0.3, -0.25) is 13.9 Å². The second-order valence-corrected chi connectivity index (χ2v) is 12.4. The predicted molar refractivity (Wildman–Crippen MR) is 162 cm³/mol. The molecule has 3 aromatic carbocycles. The van der Waals surface area contributed by atoms with Crippen molar-refractivity contribution in [2.75, 3.05) is 25.1 Å². The zero-order chi connectivity index (χ0) is 30.3. The van der Waals surface area contributed by atoms with Crippen LogP contribution < -0.4 is 19.1 Å². The molecule has 0 spiro atoms. The van der Waals surface area contributed by atoms with Gasteiger partial charge in [-0.25, -0.2) is 8.42 Å².